The largest absolute Gasteiger partial charge is 0.358 e. The molecule has 0 aliphatic carbocycles. The van der Waals surface area contributed by atoms with Crippen molar-refractivity contribution in [1.29, 1.82) is 0 Å². The second-order valence-electron chi connectivity index (χ2n) is 8.63. The highest BCUT2D eigenvalue weighted by Crippen LogP contribution is 2.31. The Morgan fingerprint density at radius 1 is 1.06 bits per heavy atom. The van der Waals surface area contributed by atoms with E-state index in [2.05, 4.69) is 68.9 Å². The van der Waals surface area contributed by atoms with Crippen molar-refractivity contribution in [1.82, 2.24) is 30.1 Å². The second kappa shape index (κ2) is 7.05. The standard InChI is InChI=1S/C24H23N7/c1-14(24(2,3)4)28-17-8-16(11-25-12-17)19-10-18-21(13-27-19)30-31-22(18)20-9-15-6-5-7-26-23(15)29-20/h5-13,28H,1H2,2-4H3,(H,26,29)(H,30,31). The van der Waals surface area contributed by atoms with Crippen molar-refractivity contribution in [2.75, 3.05) is 5.32 Å². The van der Waals surface area contributed by atoms with Crippen LogP contribution in [0.1, 0.15) is 20.8 Å². The number of aromatic nitrogens is 6. The number of hydrogen-bond acceptors (Lipinski definition) is 5. The van der Waals surface area contributed by atoms with E-state index < -0.39 is 0 Å². The van der Waals surface area contributed by atoms with Crippen molar-refractivity contribution in [2.45, 2.75) is 20.8 Å². The Labute approximate surface area is 179 Å². The van der Waals surface area contributed by atoms with Crippen LogP contribution < -0.4 is 5.32 Å². The number of nitrogens with zero attached hydrogens (tertiary/aromatic N) is 4. The van der Waals surface area contributed by atoms with E-state index in [9.17, 15) is 0 Å². The van der Waals surface area contributed by atoms with Crippen LogP contribution in [0.5, 0.6) is 0 Å². The maximum Gasteiger partial charge on any atom is 0.137 e. The second-order valence-corrected chi connectivity index (χ2v) is 8.63. The zero-order valence-corrected chi connectivity index (χ0v) is 17.7. The molecule has 5 rings (SSSR count). The van der Waals surface area contributed by atoms with Gasteiger partial charge in [-0.25, -0.2) is 4.98 Å². The zero-order chi connectivity index (χ0) is 21.6. The molecule has 5 heterocycles. The summed E-state index contributed by atoms with van der Waals surface area (Å²) in [6.45, 7) is 10.5. The number of rotatable bonds is 4. The van der Waals surface area contributed by atoms with Gasteiger partial charge >= 0.3 is 0 Å². The highest BCUT2D eigenvalue weighted by atomic mass is 15.1. The van der Waals surface area contributed by atoms with Gasteiger partial charge in [0.25, 0.3) is 0 Å². The third-order valence-corrected chi connectivity index (χ3v) is 5.33. The average Bonchev–Trinajstić information content (AvgIpc) is 3.36. The first kappa shape index (κ1) is 19.0. The molecule has 0 saturated carbocycles. The average molecular weight is 409 g/mol. The van der Waals surface area contributed by atoms with Crippen LogP contribution in [0.3, 0.4) is 0 Å². The Balaban J connectivity index is 1.54. The van der Waals surface area contributed by atoms with Crippen molar-refractivity contribution in [2.24, 2.45) is 5.41 Å². The van der Waals surface area contributed by atoms with Gasteiger partial charge in [-0.1, -0.05) is 27.4 Å². The summed E-state index contributed by atoms with van der Waals surface area (Å²) < 4.78 is 0. The van der Waals surface area contributed by atoms with Crippen LogP contribution in [-0.4, -0.2) is 30.1 Å². The third-order valence-electron chi connectivity index (χ3n) is 5.33. The van der Waals surface area contributed by atoms with E-state index in [1.165, 1.54) is 0 Å². The first-order chi connectivity index (χ1) is 14.9. The topological polar surface area (TPSA) is 95.2 Å². The minimum atomic E-state index is -0.0483. The molecule has 7 nitrogen and oxygen atoms in total. The van der Waals surface area contributed by atoms with Crippen LogP contribution >= 0.6 is 0 Å². The van der Waals surface area contributed by atoms with Gasteiger partial charge in [-0.2, -0.15) is 5.10 Å². The molecule has 0 saturated heterocycles. The van der Waals surface area contributed by atoms with E-state index >= 15 is 0 Å². The predicted molar refractivity (Wildman–Crippen MR) is 124 cm³/mol. The molecule has 0 fully saturated rings. The minimum Gasteiger partial charge on any atom is -0.358 e. The number of pyridine rings is 3. The minimum absolute atomic E-state index is 0.0483. The lowest BCUT2D eigenvalue weighted by Crippen LogP contribution is -2.15. The molecular weight excluding hydrogens is 386 g/mol. The van der Waals surface area contributed by atoms with Crippen molar-refractivity contribution in [3.8, 4) is 22.6 Å². The van der Waals surface area contributed by atoms with Crippen LogP contribution in [0.15, 0.2) is 67.4 Å². The molecule has 0 aliphatic rings. The molecule has 0 aromatic carbocycles. The van der Waals surface area contributed by atoms with Gasteiger partial charge in [-0.05, 0) is 30.3 Å². The van der Waals surface area contributed by atoms with E-state index in [1.54, 1.807) is 18.6 Å². The van der Waals surface area contributed by atoms with E-state index in [0.717, 1.165) is 56.0 Å². The number of nitrogens with one attached hydrogen (secondary N) is 3. The molecule has 31 heavy (non-hydrogen) atoms. The number of H-pyrrole nitrogens is 2. The van der Waals surface area contributed by atoms with Gasteiger partial charge < -0.3 is 10.3 Å². The summed E-state index contributed by atoms with van der Waals surface area (Å²) in [6, 6.07) is 10.1. The van der Waals surface area contributed by atoms with Crippen molar-refractivity contribution in [3.63, 3.8) is 0 Å². The molecule has 0 bridgehead atoms. The quantitative estimate of drug-likeness (QED) is 0.362. The molecule has 0 aliphatic heterocycles. The first-order valence-corrected chi connectivity index (χ1v) is 10.1. The van der Waals surface area contributed by atoms with Gasteiger partial charge in [0.15, 0.2) is 0 Å². The van der Waals surface area contributed by atoms with Gasteiger partial charge in [0.2, 0.25) is 0 Å². The van der Waals surface area contributed by atoms with Gasteiger partial charge in [0.1, 0.15) is 11.3 Å². The van der Waals surface area contributed by atoms with E-state index in [1.807, 2.05) is 30.5 Å². The summed E-state index contributed by atoms with van der Waals surface area (Å²) >= 11 is 0. The SMILES string of the molecule is C=C(Nc1cncc(-c2cc3c(-c4cc5cccnc5[nH]4)n[nH]c3cn2)c1)C(C)(C)C. The summed E-state index contributed by atoms with van der Waals surface area (Å²) in [5, 5.41) is 13.0. The van der Waals surface area contributed by atoms with E-state index in [0.29, 0.717) is 0 Å². The molecule has 0 radical (unpaired) electrons. The maximum absolute atomic E-state index is 4.61. The van der Waals surface area contributed by atoms with Gasteiger partial charge in [-0.15, -0.1) is 0 Å². The van der Waals surface area contributed by atoms with Crippen LogP contribution in [0.4, 0.5) is 5.69 Å². The Bertz CT molecular complexity index is 1390. The van der Waals surface area contributed by atoms with Crippen LogP contribution in [-0.2, 0) is 0 Å². The van der Waals surface area contributed by atoms with Crippen LogP contribution in [0.2, 0.25) is 0 Å². The van der Waals surface area contributed by atoms with Crippen molar-refractivity contribution >= 4 is 27.6 Å². The molecule has 5 aromatic heterocycles. The molecule has 7 heteroatoms. The van der Waals surface area contributed by atoms with Crippen LogP contribution in [0.25, 0.3) is 44.6 Å². The molecule has 0 spiro atoms. The van der Waals surface area contributed by atoms with E-state index in [-0.39, 0.29) is 5.41 Å². The highest BCUT2D eigenvalue weighted by molar-refractivity contribution is 5.96. The number of anilines is 1. The number of hydrogen-bond donors (Lipinski definition) is 3. The maximum atomic E-state index is 4.61. The summed E-state index contributed by atoms with van der Waals surface area (Å²) in [5.41, 5.74) is 6.95. The molecular formula is C24H23N7. The fourth-order valence-corrected chi connectivity index (χ4v) is 3.38. The lowest BCUT2D eigenvalue weighted by molar-refractivity contribution is 0.509. The number of fused-ring (bicyclic) bond motifs is 2. The Kier molecular flexibility index (Phi) is 4.32. The normalized spacial score (nSPS) is 11.8. The van der Waals surface area contributed by atoms with Gasteiger partial charge in [0.05, 0.1) is 35.0 Å². The Morgan fingerprint density at radius 3 is 2.74 bits per heavy atom. The van der Waals surface area contributed by atoms with Crippen molar-refractivity contribution < 1.29 is 0 Å². The summed E-state index contributed by atoms with van der Waals surface area (Å²) in [4.78, 5) is 16.7. The van der Waals surface area contributed by atoms with Gasteiger partial charge in [-0.3, -0.25) is 15.1 Å². The number of allylic oxidation sites excluding steroid dienone is 1. The third kappa shape index (κ3) is 3.54. The monoisotopic (exact) mass is 409 g/mol. The molecule has 0 unspecified atom stereocenters. The van der Waals surface area contributed by atoms with E-state index in [4.69, 9.17) is 0 Å². The predicted octanol–water partition coefficient (Wildman–Crippen LogP) is 5.53. The molecule has 5 aromatic rings. The lowest BCUT2D eigenvalue weighted by atomic mass is 9.93. The molecule has 154 valence electrons. The first-order valence-electron chi connectivity index (χ1n) is 10.1. The molecule has 3 N–H and O–H groups in total. The van der Waals surface area contributed by atoms with Crippen LogP contribution in [0, 0.1) is 5.41 Å². The summed E-state index contributed by atoms with van der Waals surface area (Å²) in [6.07, 6.45) is 7.18. The molecule has 0 amide bonds. The number of aromatic amines is 2. The lowest BCUT2D eigenvalue weighted by Gasteiger charge is -2.23. The fourth-order valence-electron chi connectivity index (χ4n) is 3.38. The highest BCUT2D eigenvalue weighted by Gasteiger charge is 2.16. The Morgan fingerprint density at radius 2 is 1.94 bits per heavy atom. The van der Waals surface area contributed by atoms with Gasteiger partial charge in [0, 0.05) is 39.8 Å². The van der Waals surface area contributed by atoms with Crippen molar-refractivity contribution in [3.05, 3.63) is 67.4 Å². The Hall–Kier alpha value is -4.00. The zero-order valence-electron chi connectivity index (χ0n) is 17.7. The molecule has 0 atom stereocenters. The fraction of sp³-hybridized carbons (Fsp3) is 0.167. The summed E-state index contributed by atoms with van der Waals surface area (Å²) in [5.74, 6) is 0. The smallest absolute Gasteiger partial charge is 0.137 e. The summed E-state index contributed by atoms with van der Waals surface area (Å²) in [7, 11) is 0.